The Bertz CT molecular complexity index is 1080. The van der Waals surface area contributed by atoms with Gasteiger partial charge in [0.05, 0.1) is 11.0 Å². The van der Waals surface area contributed by atoms with Crippen LogP contribution in [-0.2, 0) is 0 Å². The molecule has 3 heterocycles. The lowest BCUT2D eigenvalue weighted by molar-refractivity contribution is 0.406. The van der Waals surface area contributed by atoms with Crippen LogP contribution < -0.4 is 4.90 Å². The molecule has 0 fully saturated rings. The number of benzene rings is 2. The van der Waals surface area contributed by atoms with Gasteiger partial charge in [0.25, 0.3) is 0 Å². The van der Waals surface area contributed by atoms with Gasteiger partial charge in [-0.15, -0.1) is 0 Å². The lowest BCUT2D eigenvalue weighted by Gasteiger charge is -2.38. The summed E-state index contributed by atoms with van der Waals surface area (Å²) in [6, 6.07) is 20.9. The van der Waals surface area contributed by atoms with Gasteiger partial charge in [-0.3, -0.25) is 4.57 Å². The van der Waals surface area contributed by atoms with Crippen LogP contribution in [0.4, 0.5) is 5.69 Å². The van der Waals surface area contributed by atoms with E-state index in [1.807, 2.05) is 12.1 Å². The first-order valence-corrected chi connectivity index (χ1v) is 9.44. The highest BCUT2D eigenvalue weighted by Gasteiger charge is 2.35. The predicted molar refractivity (Wildman–Crippen MR) is 108 cm³/mol. The molecule has 2 aromatic carbocycles. The minimum atomic E-state index is -0.0363. The average Bonchev–Trinajstić information content (AvgIpc) is 3.24. The van der Waals surface area contributed by atoms with Crippen molar-refractivity contribution >= 4 is 39.3 Å². The molecule has 5 heteroatoms. The second-order valence-electron chi connectivity index (χ2n) is 6.11. The molecule has 124 valence electrons. The molecule has 5 rings (SSSR count). The molecule has 0 unspecified atom stereocenters. The summed E-state index contributed by atoms with van der Waals surface area (Å²) in [5.74, 6) is 1.93. The summed E-state index contributed by atoms with van der Waals surface area (Å²) < 4.78 is 9.24. The molecule has 0 bridgehead atoms. The Balaban J connectivity index is 1.88. The van der Waals surface area contributed by atoms with Crippen LogP contribution in [0.2, 0.25) is 0 Å². The lowest BCUT2D eigenvalue weighted by atomic mass is 10.1. The van der Waals surface area contributed by atoms with E-state index in [2.05, 4.69) is 87.5 Å². The third-order valence-corrected chi connectivity index (χ3v) is 5.36. The van der Waals surface area contributed by atoms with E-state index in [-0.39, 0.29) is 6.17 Å². The number of hydrogen-bond acceptors (Lipinski definition) is 3. The first-order valence-electron chi connectivity index (χ1n) is 8.36. The van der Waals surface area contributed by atoms with Crippen LogP contribution in [0.1, 0.15) is 18.8 Å². The van der Waals surface area contributed by atoms with Crippen molar-refractivity contribution in [3.8, 4) is 11.4 Å². The van der Waals surface area contributed by atoms with Crippen molar-refractivity contribution in [2.24, 2.45) is 0 Å². The van der Waals surface area contributed by atoms with Crippen molar-refractivity contribution in [3.63, 3.8) is 0 Å². The van der Waals surface area contributed by atoms with Crippen LogP contribution >= 0.6 is 22.6 Å². The van der Waals surface area contributed by atoms with E-state index in [0.29, 0.717) is 0 Å². The van der Waals surface area contributed by atoms with E-state index in [1.165, 1.54) is 5.69 Å². The van der Waals surface area contributed by atoms with Crippen molar-refractivity contribution in [1.29, 1.82) is 0 Å². The van der Waals surface area contributed by atoms with Gasteiger partial charge in [0.1, 0.15) is 11.6 Å². The van der Waals surface area contributed by atoms with Gasteiger partial charge in [-0.1, -0.05) is 24.3 Å². The Hall–Kier alpha value is -2.28. The summed E-state index contributed by atoms with van der Waals surface area (Å²) in [5.41, 5.74) is 4.50. The summed E-state index contributed by atoms with van der Waals surface area (Å²) >= 11 is 2.22. The molecular formula is C20H16IN3O. The number of anilines is 1. The third-order valence-electron chi connectivity index (χ3n) is 4.78. The van der Waals surface area contributed by atoms with Gasteiger partial charge in [-0.2, -0.15) is 0 Å². The number of para-hydroxylation sites is 3. The molecule has 25 heavy (non-hydrogen) atoms. The normalized spacial score (nSPS) is 16.1. The first kappa shape index (κ1) is 15.0. The van der Waals surface area contributed by atoms with E-state index < -0.39 is 0 Å². The van der Waals surface area contributed by atoms with Crippen LogP contribution in [0.5, 0.6) is 0 Å². The number of aromatic nitrogens is 2. The Labute approximate surface area is 159 Å². The third kappa shape index (κ3) is 2.15. The van der Waals surface area contributed by atoms with E-state index in [0.717, 1.165) is 38.5 Å². The number of fused-ring (bicyclic) bond motifs is 5. The van der Waals surface area contributed by atoms with Crippen LogP contribution in [0.15, 0.2) is 65.1 Å². The van der Waals surface area contributed by atoms with Gasteiger partial charge in [0.2, 0.25) is 0 Å². The SMILES string of the molecule is CCN1c2ccccc2-c2nc3ccccc3n2[C@@H]1c1ccc(I)o1. The van der Waals surface area contributed by atoms with Gasteiger partial charge in [0.15, 0.2) is 9.93 Å². The van der Waals surface area contributed by atoms with Crippen LogP contribution in [0, 0.1) is 3.77 Å². The monoisotopic (exact) mass is 441 g/mol. The number of nitrogens with zero attached hydrogens (tertiary/aromatic N) is 3. The van der Waals surface area contributed by atoms with Crippen molar-refractivity contribution in [3.05, 3.63) is 70.2 Å². The molecule has 1 atom stereocenters. The molecule has 0 amide bonds. The molecule has 0 N–H and O–H groups in total. The minimum absolute atomic E-state index is 0.0363. The number of imidazole rings is 1. The number of furan rings is 1. The predicted octanol–water partition coefficient (Wildman–Crippen LogP) is 5.29. The molecule has 2 aromatic heterocycles. The Kier molecular flexibility index (Phi) is 3.38. The molecule has 0 saturated carbocycles. The molecule has 1 aliphatic rings. The van der Waals surface area contributed by atoms with Crippen molar-refractivity contribution in [2.45, 2.75) is 13.1 Å². The van der Waals surface area contributed by atoms with Gasteiger partial charge >= 0.3 is 0 Å². The van der Waals surface area contributed by atoms with E-state index in [4.69, 9.17) is 9.40 Å². The second kappa shape index (κ2) is 5.62. The van der Waals surface area contributed by atoms with E-state index in [1.54, 1.807) is 0 Å². The maximum atomic E-state index is 6.04. The molecule has 1 aliphatic heterocycles. The molecule has 0 aliphatic carbocycles. The zero-order valence-electron chi connectivity index (χ0n) is 13.7. The molecule has 4 nitrogen and oxygen atoms in total. The Morgan fingerprint density at radius 3 is 2.64 bits per heavy atom. The summed E-state index contributed by atoms with van der Waals surface area (Å²) in [6.07, 6.45) is -0.0363. The van der Waals surface area contributed by atoms with Crippen molar-refractivity contribution in [2.75, 3.05) is 11.4 Å². The van der Waals surface area contributed by atoms with Crippen LogP contribution in [0.3, 0.4) is 0 Å². The fraction of sp³-hybridized carbons (Fsp3) is 0.150. The smallest absolute Gasteiger partial charge is 0.167 e. The Morgan fingerprint density at radius 2 is 1.84 bits per heavy atom. The summed E-state index contributed by atoms with van der Waals surface area (Å²) in [5, 5.41) is 0. The highest BCUT2D eigenvalue weighted by molar-refractivity contribution is 14.1. The zero-order chi connectivity index (χ0) is 17.0. The summed E-state index contributed by atoms with van der Waals surface area (Å²) in [6.45, 7) is 3.06. The summed E-state index contributed by atoms with van der Waals surface area (Å²) in [7, 11) is 0. The molecule has 0 radical (unpaired) electrons. The van der Waals surface area contributed by atoms with Crippen molar-refractivity contribution < 1.29 is 4.42 Å². The molecular weight excluding hydrogens is 425 g/mol. The maximum absolute atomic E-state index is 6.04. The number of halogens is 1. The standard InChI is InChI=1S/C20H16IN3O/c1-2-23-15-9-5-3-7-13(15)19-22-14-8-4-6-10-16(14)24(19)20(23)17-11-12-18(21)25-17/h3-12,20H,2H2,1H3/t20-/m1/s1. The minimum Gasteiger partial charge on any atom is -0.451 e. The fourth-order valence-corrected chi connectivity index (χ4v) is 4.19. The van der Waals surface area contributed by atoms with E-state index >= 15 is 0 Å². The van der Waals surface area contributed by atoms with Gasteiger partial charge in [-0.25, -0.2) is 4.98 Å². The van der Waals surface area contributed by atoms with Gasteiger partial charge in [0, 0.05) is 17.8 Å². The molecule has 0 saturated heterocycles. The molecule has 0 spiro atoms. The average molecular weight is 441 g/mol. The largest absolute Gasteiger partial charge is 0.451 e. The fourth-order valence-electron chi connectivity index (χ4n) is 3.76. The highest BCUT2D eigenvalue weighted by atomic mass is 127. The lowest BCUT2D eigenvalue weighted by Crippen LogP contribution is -2.36. The topological polar surface area (TPSA) is 34.2 Å². The van der Waals surface area contributed by atoms with Gasteiger partial charge < -0.3 is 9.32 Å². The van der Waals surface area contributed by atoms with Gasteiger partial charge in [-0.05, 0) is 65.9 Å². The number of hydrogen-bond donors (Lipinski definition) is 0. The summed E-state index contributed by atoms with van der Waals surface area (Å²) in [4.78, 5) is 7.32. The van der Waals surface area contributed by atoms with Crippen LogP contribution in [0.25, 0.3) is 22.4 Å². The zero-order valence-corrected chi connectivity index (χ0v) is 15.8. The first-order chi connectivity index (χ1) is 12.3. The van der Waals surface area contributed by atoms with Crippen LogP contribution in [-0.4, -0.2) is 16.1 Å². The maximum Gasteiger partial charge on any atom is 0.167 e. The van der Waals surface area contributed by atoms with E-state index in [9.17, 15) is 0 Å². The quantitative estimate of drug-likeness (QED) is 0.397. The molecule has 4 aromatic rings. The van der Waals surface area contributed by atoms with Crippen molar-refractivity contribution in [1.82, 2.24) is 9.55 Å². The Morgan fingerprint density at radius 1 is 1.04 bits per heavy atom. The highest BCUT2D eigenvalue weighted by Crippen LogP contribution is 2.44. The number of rotatable bonds is 2. The second-order valence-corrected chi connectivity index (χ2v) is 7.18.